The predicted molar refractivity (Wildman–Crippen MR) is 81.7 cm³/mol. The molecule has 1 N–H and O–H groups in total. The lowest BCUT2D eigenvalue weighted by Crippen LogP contribution is -2.04. The van der Waals surface area contributed by atoms with Crippen molar-refractivity contribution in [2.24, 2.45) is 0 Å². The standard InChI is InChI=1S/C17H14F3N3/c1-10-4-3-5-11(2)16(10)12-6-7-21-13(8-12)14-9-15(23-22-14)17(18,19)20/h3-9H,1-2H3,(H,22,23). The van der Waals surface area contributed by atoms with Gasteiger partial charge in [-0.1, -0.05) is 18.2 Å². The molecule has 0 aliphatic heterocycles. The Hall–Kier alpha value is -2.63. The number of benzene rings is 1. The third-order valence-corrected chi connectivity index (χ3v) is 3.68. The summed E-state index contributed by atoms with van der Waals surface area (Å²) >= 11 is 0. The van der Waals surface area contributed by atoms with E-state index in [0.717, 1.165) is 28.3 Å². The molecule has 3 rings (SSSR count). The molecule has 0 unspecified atom stereocenters. The van der Waals surface area contributed by atoms with Gasteiger partial charge in [0.25, 0.3) is 0 Å². The van der Waals surface area contributed by atoms with Gasteiger partial charge in [0.15, 0.2) is 0 Å². The molecule has 2 aromatic heterocycles. The van der Waals surface area contributed by atoms with E-state index in [1.54, 1.807) is 12.3 Å². The summed E-state index contributed by atoms with van der Waals surface area (Å²) in [5, 5.41) is 5.74. The molecule has 1 aromatic carbocycles. The fourth-order valence-corrected chi connectivity index (χ4v) is 2.59. The molecule has 3 nitrogen and oxygen atoms in total. The molecule has 0 bridgehead atoms. The van der Waals surface area contributed by atoms with Crippen LogP contribution in [0.15, 0.2) is 42.6 Å². The van der Waals surface area contributed by atoms with Crippen LogP contribution < -0.4 is 0 Å². The Balaban J connectivity index is 2.06. The van der Waals surface area contributed by atoms with Crippen LogP contribution in [0, 0.1) is 13.8 Å². The van der Waals surface area contributed by atoms with Crippen LogP contribution in [0.4, 0.5) is 13.2 Å². The SMILES string of the molecule is Cc1cccc(C)c1-c1ccnc(-c2cc(C(F)(F)F)[nH]n2)c1. The monoisotopic (exact) mass is 317 g/mol. The van der Waals surface area contributed by atoms with E-state index in [0.29, 0.717) is 5.69 Å². The Morgan fingerprint density at radius 1 is 0.957 bits per heavy atom. The zero-order valence-corrected chi connectivity index (χ0v) is 12.6. The van der Waals surface area contributed by atoms with Crippen LogP contribution in [-0.4, -0.2) is 15.2 Å². The van der Waals surface area contributed by atoms with Gasteiger partial charge in [-0.2, -0.15) is 18.3 Å². The summed E-state index contributed by atoms with van der Waals surface area (Å²) in [7, 11) is 0. The Bertz CT molecular complexity index is 830. The number of H-pyrrole nitrogens is 1. The number of alkyl halides is 3. The third-order valence-electron chi connectivity index (χ3n) is 3.68. The van der Waals surface area contributed by atoms with Crippen LogP contribution in [0.2, 0.25) is 0 Å². The number of pyridine rings is 1. The molecule has 0 amide bonds. The highest BCUT2D eigenvalue weighted by atomic mass is 19.4. The molecule has 0 aliphatic rings. The van der Waals surface area contributed by atoms with E-state index < -0.39 is 11.9 Å². The van der Waals surface area contributed by atoms with Crippen molar-refractivity contribution in [1.29, 1.82) is 0 Å². The Morgan fingerprint density at radius 3 is 2.26 bits per heavy atom. The van der Waals surface area contributed by atoms with Crippen molar-refractivity contribution >= 4 is 0 Å². The smallest absolute Gasteiger partial charge is 0.273 e. The molecule has 3 aromatic rings. The highest BCUT2D eigenvalue weighted by Crippen LogP contribution is 2.32. The first kappa shape index (κ1) is 15.3. The summed E-state index contributed by atoms with van der Waals surface area (Å²) in [5.74, 6) is 0. The van der Waals surface area contributed by atoms with E-state index in [1.807, 2.05) is 43.2 Å². The van der Waals surface area contributed by atoms with Crippen molar-refractivity contribution in [3.63, 3.8) is 0 Å². The molecular formula is C17H14F3N3. The topological polar surface area (TPSA) is 41.6 Å². The van der Waals surface area contributed by atoms with Crippen molar-refractivity contribution in [2.75, 3.05) is 0 Å². The molecule has 6 heteroatoms. The number of aromatic amines is 1. The van der Waals surface area contributed by atoms with E-state index in [9.17, 15) is 13.2 Å². The van der Waals surface area contributed by atoms with Gasteiger partial charge in [-0.3, -0.25) is 10.1 Å². The number of hydrogen-bond donors (Lipinski definition) is 1. The van der Waals surface area contributed by atoms with Crippen LogP contribution in [0.1, 0.15) is 16.8 Å². The van der Waals surface area contributed by atoms with Crippen LogP contribution in [0.3, 0.4) is 0 Å². The first-order valence-electron chi connectivity index (χ1n) is 7.02. The average molecular weight is 317 g/mol. The van der Waals surface area contributed by atoms with E-state index >= 15 is 0 Å². The number of halogens is 3. The minimum absolute atomic E-state index is 0.172. The molecule has 2 heterocycles. The number of hydrogen-bond acceptors (Lipinski definition) is 2. The van der Waals surface area contributed by atoms with Gasteiger partial charge in [-0.05, 0) is 54.3 Å². The summed E-state index contributed by atoms with van der Waals surface area (Å²) in [6.45, 7) is 4.00. The minimum Gasteiger partial charge on any atom is -0.273 e. The van der Waals surface area contributed by atoms with Crippen LogP contribution >= 0.6 is 0 Å². The second-order valence-corrected chi connectivity index (χ2v) is 5.36. The first-order chi connectivity index (χ1) is 10.9. The number of nitrogens with one attached hydrogen (secondary N) is 1. The van der Waals surface area contributed by atoms with E-state index in [-0.39, 0.29) is 5.69 Å². The number of aryl methyl sites for hydroxylation is 2. The second kappa shape index (κ2) is 5.53. The summed E-state index contributed by atoms with van der Waals surface area (Å²) in [6, 6.07) is 10.5. The van der Waals surface area contributed by atoms with Gasteiger partial charge in [0.1, 0.15) is 11.4 Å². The molecule has 0 aliphatic carbocycles. The summed E-state index contributed by atoms with van der Waals surface area (Å²) in [5.41, 5.74) is 3.85. The largest absolute Gasteiger partial charge is 0.432 e. The van der Waals surface area contributed by atoms with Gasteiger partial charge in [0.05, 0.1) is 5.69 Å². The van der Waals surface area contributed by atoms with Gasteiger partial charge < -0.3 is 0 Å². The lowest BCUT2D eigenvalue weighted by Gasteiger charge is -2.10. The third kappa shape index (κ3) is 2.97. The molecule has 0 fully saturated rings. The molecule has 23 heavy (non-hydrogen) atoms. The lowest BCUT2D eigenvalue weighted by atomic mass is 9.96. The fourth-order valence-electron chi connectivity index (χ4n) is 2.59. The maximum atomic E-state index is 12.7. The van der Waals surface area contributed by atoms with E-state index in [1.165, 1.54) is 0 Å². The van der Waals surface area contributed by atoms with Crippen LogP contribution in [-0.2, 0) is 6.18 Å². The summed E-state index contributed by atoms with van der Waals surface area (Å²) < 4.78 is 38.0. The maximum absolute atomic E-state index is 12.7. The van der Waals surface area contributed by atoms with Crippen molar-refractivity contribution in [3.8, 4) is 22.5 Å². The van der Waals surface area contributed by atoms with Crippen molar-refractivity contribution in [2.45, 2.75) is 20.0 Å². The first-order valence-corrected chi connectivity index (χ1v) is 7.02. The van der Waals surface area contributed by atoms with E-state index in [2.05, 4.69) is 10.1 Å². The van der Waals surface area contributed by atoms with Crippen LogP contribution in [0.25, 0.3) is 22.5 Å². The molecule has 118 valence electrons. The van der Waals surface area contributed by atoms with Gasteiger partial charge in [-0.25, -0.2) is 0 Å². The predicted octanol–water partition coefficient (Wildman–Crippen LogP) is 4.77. The van der Waals surface area contributed by atoms with Crippen molar-refractivity contribution < 1.29 is 13.2 Å². The lowest BCUT2D eigenvalue weighted by molar-refractivity contribution is -0.141. The average Bonchev–Trinajstić information content (AvgIpc) is 2.97. The van der Waals surface area contributed by atoms with E-state index in [4.69, 9.17) is 0 Å². The van der Waals surface area contributed by atoms with Crippen molar-refractivity contribution in [3.05, 3.63) is 59.4 Å². The number of rotatable bonds is 2. The molecule has 0 spiro atoms. The van der Waals surface area contributed by atoms with Gasteiger partial charge in [0, 0.05) is 6.20 Å². The number of aromatic nitrogens is 3. The van der Waals surface area contributed by atoms with Gasteiger partial charge in [-0.15, -0.1) is 0 Å². The highest BCUT2D eigenvalue weighted by molar-refractivity contribution is 5.74. The van der Waals surface area contributed by atoms with Gasteiger partial charge >= 0.3 is 6.18 Å². The Morgan fingerprint density at radius 2 is 1.65 bits per heavy atom. The minimum atomic E-state index is -4.45. The Kier molecular flexibility index (Phi) is 3.67. The normalized spacial score (nSPS) is 11.7. The summed E-state index contributed by atoms with van der Waals surface area (Å²) in [6.07, 6.45) is -2.87. The molecule has 0 atom stereocenters. The quantitative estimate of drug-likeness (QED) is 0.739. The number of nitrogens with zero attached hydrogens (tertiary/aromatic N) is 2. The molecular weight excluding hydrogens is 303 g/mol. The molecule has 0 radical (unpaired) electrons. The summed E-state index contributed by atoms with van der Waals surface area (Å²) in [4.78, 5) is 4.14. The maximum Gasteiger partial charge on any atom is 0.432 e. The molecule has 0 saturated heterocycles. The highest BCUT2D eigenvalue weighted by Gasteiger charge is 2.33. The Labute approximate surface area is 131 Å². The molecule has 0 saturated carbocycles. The van der Waals surface area contributed by atoms with Gasteiger partial charge in [0.2, 0.25) is 0 Å². The zero-order chi connectivity index (χ0) is 16.6. The second-order valence-electron chi connectivity index (χ2n) is 5.36. The fraction of sp³-hybridized carbons (Fsp3) is 0.176. The zero-order valence-electron chi connectivity index (χ0n) is 12.6. The van der Waals surface area contributed by atoms with Crippen LogP contribution in [0.5, 0.6) is 0 Å². The van der Waals surface area contributed by atoms with Crippen molar-refractivity contribution in [1.82, 2.24) is 15.2 Å².